The SMILES string of the molecule is O=S(=O)(O)c1cc(NN2C=CN=CN2)c(-c2ccccc2)cc1S(=O)(=O)O. The fraction of sp³-hybridized carbons (Fsp3) is 0. The number of hydrogen-bond acceptors (Lipinski definition) is 8. The molecular weight excluding hydrogens is 396 g/mol. The van der Waals surface area contributed by atoms with Crippen LogP contribution in [-0.4, -0.2) is 37.4 Å². The average molecular weight is 410 g/mol. The number of hydrogen-bond donors (Lipinski definition) is 4. The number of anilines is 1. The van der Waals surface area contributed by atoms with E-state index in [-0.39, 0.29) is 11.3 Å². The maximum absolute atomic E-state index is 11.7. The zero-order valence-electron chi connectivity index (χ0n) is 13.5. The van der Waals surface area contributed by atoms with Gasteiger partial charge in [0.15, 0.2) is 0 Å². The molecule has 4 N–H and O–H groups in total. The van der Waals surface area contributed by atoms with Crippen LogP contribution in [0.15, 0.2) is 69.6 Å². The van der Waals surface area contributed by atoms with E-state index in [1.807, 2.05) is 0 Å². The van der Waals surface area contributed by atoms with Gasteiger partial charge < -0.3 is 0 Å². The van der Waals surface area contributed by atoms with Gasteiger partial charge in [-0.3, -0.25) is 20.0 Å². The predicted octanol–water partition coefficient (Wildman–Crippen LogP) is 1.49. The fourth-order valence-electron chi connectivity index (χ4n) is 2.40. The van der Waals surface area contributed by atoms with Crippen molar-refractivity contribution in [1.29, 1.82) is 0 Å². The zero-order valence-corrected chi connectivity index (χ0v) is 15.1. The van der Waals surface area contributed by atoms with E-state index in [9.17, 15) is 25.9 Å². The molecule has 0 amide bonds. The van der Waals surface area contributed by atoms with Gasteiger partial charge in [0.1, 0.15) is 16.1 Å². The first-order chi connectivity index (χ1) is 12.7. The van der Waals surface area contributed by atoms with E-state index in [4.69, 9.17) is 0 Å². The molecule has 0 spiro atoms. The lowest BCUT2D eigenvalue weighted by Gasteiger charge is -2.25. The Kier molecular flexibility index (Phi) is 4.89. The van der Waals surface area contributed by atoms with Crippen LogP contribution in [-0.2, 0) is 20.2 Å². The van der Waals surface area contributed by atoms with Crippen LogP contribution >= 0.6 is 0 Å². The lowest BCUT2D eigenvalue weighted by molar-refractivity contribution is 0.401. The van der Waals surface area contributed by atoms with E-state index < -0.39 is 30.0 Å². The molecule has 0 saturated carbocycles. The normalized spacial score (nSPS) is 14.1. The summed E-state index contributed by atoms with van der Waals surface area (Å²) in [5.41, 5.74) is 6.51. The van der Waals surface area contributed by atoms with E-state index in [1.165, 1.54) is 23.9 Å². The molecule has 0 bridgehead atoms. The second-order valence-corrected chi connectivity index (χ2v) is 8.13. The molecule has 0 aliphatic carbocycles. The van der Waals surface area contributed by atoms with Crippen molar-refractivity contribution in [2.24, 2.45) is 4.99 Å². The highest BCUT2D eigenvalue weighted by Gasteiger charge is 2.27. The number of nitrogens with zero attached hydrogens (tertiary/aromatic N) is 2. The number of benzene rings is 2. The van der Waals surface area contributed by atoms with Crippen molar-refractivity contribution in [2.45, 2.75) is 9.79 Å². The Morgan fingerprint density at radius 2 is 1.59 bits per heavy atom. The zero-order chi connectivity index (χ0) is 19.7. The second-order valence-electron chi connectivity index (χ2n) is 5.35. The van der Waals surface area contributed by atoms with E-state index in [1.54, 1.807) is 30.3 Å². The van der Waals surface area contributed by atoms with Crippen LogP contribution in [0.5, 0.6) is 0 Å². The molecule has 0 unspecified atom stereocenters. The molecule has 0 aromatic heterocycles. The van der Waals surface area contributed by atoms with Crippen molar-refractivity contribution in [1.82, 2.24) is 10.5 Å². The van der Waals surface area contributed by atoms with Gasteiger partial charge >= 0.3 is 0 Å². The summed E-state index contributed by atoms with van der Waals surface area (Å²) in [6.45, 7) is 0. The monoisotopic (exact) mass is 410 g/mol. The van der Waals surface area contributed by atoms with Crippen LogP contribution in [0.1, 0.15) is 0 Å². The molecule has 12 heteroatoms. The predicted molar refractivity (Wildman–Crippen MR) is 97.7 cm³/mol. The maximum Gasteiger partial charge on any atom is 0.295 e. The number of aliphatic imine (C=N–C) groups is 1. The summed E-state index contributed by atoms with van der Waals surface area (Å²) in [5, 5.41) is 1.33. The number of nitrogens with one attached hydrogen (secondary N) is 2. The van der Waals surface area contributed by atoms with Gasteiger partial charge in [-0.1, -0.05) is 30.3 Å². The molecule has 0 fully saturated rings. The summed E-state index contributed by atoms with van der Waals surface area (Å²) in [5.74, 6) is 0. The van der Waals surface area contributed by atoms with Gasteiger partial charge in [-0.05, 0) is 17.7 Å². The van der Waals surface area contributed by atoms with Crippen LogP contribution in [0.3, 0.4) is 0 Å². The van der Waals surface area contributed by atoms with Crippen LogP contribution in [0.4, 0.5) is 5.69 Å². The van der Waals surface area contributed by atoms with E-state index >= 15 is 0 Å². The molecule has 0 radical (unpaired) electrons. The lowest BCUT2D eigenvalue weighted by Crippen LogP contribution is -2.38. The Morgan fingerprint density at radius 1 is 0.963 bits per heavy atom. The molecule has 3 rings (SSSR count). The first kappa shape index (κ1) is 18.8. The first-order valence-corrected chi connectivity index (χ1v) is 10.2. The molecule has 1 aliphatic rings. The van der Waals surface area contributed by atoms with Gasteiger partial charge in [0, 0.05) is 11.8 Å². The van der Waals surface area contributed by atoms with Crippen molar-refractivity contribution >= 4 is 32.3 Å². The molecule has 2 aromatic rings. The number of rotatable bonds is 5. The van der Waals surface area contributed by atoms with Gasteiger partial charge in [-0.25, -0.2) is 10.1 Å². The van der Waals surface area contributed by atoms with Crippen LogP contribution in [0, 0.1) is 0 Å². The topological polar surface area (TPSA) is 148 Å². The van der Waals surface area contributed by atoms with E-state index in [2.05, 4.69) is 15.8 Å². The highest BCUT2D eigenvalue weighted by Crippen LogP contribution is 2.35. The molecule has 142 valence electrons. The largest absolute Gasteiger partial charge is 0.295 e. The minimum absolute atomic E-state index is 0.147. The second kappa shape index (κ2) is 7.00. The van der Waals surface area contributed by atoms with Crippen molar-refractivity contribution in [3.8, 4) is 11.1 Å². The van der Waals surface area contributed by atoms with Crippen molar-refractivity contribution < 1.29 is 25.9 Å². The standard InChI is InChI=1S/C15H14N4O6S2/c20-26(21,22)14-8-12(11-4-2-1-3-5-11)13(9-15(14)27(23,24)25)18-19-7-6-16-10-17-19/h1-10,18H,(H,16,17)(H,20,21,22)(H,23,24,25). The average Bonchev–Trinajstić information content (AvgIpc) is 2.61. The molecule has 10 nitrogen and oxygen atoms in total. The highest BCUT2D eigenvalue weighted by molar-refractivity contribution is 7.89. The maximum atomic E-state index is 11.7. The third-order valence-corrected chi connectivity index (χ3v) is 5.45. The highest BCUT2D eigenvalue weighted by atomic mass is 32.2. The third kappa shape index (κ3) is 4.25. The van der Waals surface area contributed by atoms with Gasteiger partial charge in [0.05, 0.1) is 11.9 Å². The smallest absolute Gasteiger partial charge is 0.282 e. The van der Waals surface area contributed by atoms with Crippen molar-refractivity contribution in [3.63, 3.8) is 0 Å². The lowest BCUT2D eigenvalue weighted by atomic mass is 10.0. The fourth-order valence-corrected chi connectivity index (χ4v) is 4.19. The Bertz CT molecular complexity index is 1130. The molecule has 27 heavy (non-hydrogen) atoms. The summed E-state index contributed by atoms with van der Waals surface area (Å²) in [6, 6.07) is 10.4. The minimum atomic E-state index is -4.94. The van der Waals surface area contributed by atoms with E-state index in [0.717, 1.165) is 12.1 Å². The van der Waals surface area contributed by atoms with Gasteiger partial charge in [-0.15, -0.1) is 0 Å². The molecule has 0 atom stereocenters. The minimum Gasteiger partial charge on any atom is -0.282 e. The van der Waals surface area contributed by atoms with E-state index in [0.29, 0.717) is 5.56 Å². The van der Waals surface area contributed by atoms with Gasteiger partial charge in [0.25, 0.3) is 20.2 Å². The summed E-state index contributed by atoms with van der Waals surface area (Å²) in [6.07, 6.45) is 4.28. The van der Waals surface area contributed by atoms with Crippen molar-refractivity contribution in [2.75, 3.05) is 5.43 Å². The first-order valence-electron chi connectivity index (χ1n) is 7.35. The molecular formula is C15H14N4O6S2. The molecule has 1 heterocycles. The van der Waals surface area contributed by atoms with Crippen molar-refractivity contribution in [3.05, 3.63) is 54.9 Å². The van der Waals surface area contributed by atoms with Crippen LogP contribution in [0.25, 0.3) is 11.1 Å². The Morgan fingerprint density at radius 3 is 2.15 bits per heavy atom. The van der Waals surface area contributed by atoms with Gasteiger partial charge in [0.2, 0.25) is 0 Å². The molecule has 1 aliphatic heterocycles. The summed E-state index contributed by atoms with van der Waals surface area (Å²) in [4.78, 5) is 1.92. The third-order valence-electron chi connectivity index (χ3n) is 3.54. The summed E-state index contributed by atoms with van der Waals surface area (Å²) < 4.78 is 65.6. The Hall–Kier alpha value is -2.93. The van der Waals surface area contributed by atoms with Crippen LogP contribution in [0.2, 0.25) is 0 Å². The molecule has 0 saturated heterocycles. The summed E-state index contributed by atoms with van der Waals surface area (Å²) >= 11 is 0. The molecule has 2 aromatic carbocycles. The number of hydrazine groups is 2. The van der Waals surface area contributed by atoms with Gasteiger partial charge in [-0.2, -0.15) is 16.8 Å². The summed E-state index contributed by atoms with van der Waals surface area (Å²) in [7, 11) is -9.87. The Labute approximate surface area is 155 Å². The quantitative estimate of drug-likeness (QED) is 0.538. The van der Waals surface area contributed by atoms with Crippen LogP contribution < -0.4 is 10.9 Å². The Balaban J connectivity index is 2.25.